The molecule has 2 N–H and O–H groups in total. The van der Waals surface area contributed by atoms with E-state index in [1.807, 2.05) is 13.8 Å². The fourth-order valence-corrected chi connectivity index (χ4v) is 2.45. The molecule has 1 amide bonds. The van der Waals surface area contributed by atoms with E-state index in [9.17, 15) is 4.79 Å². The summed E-state index contributed by atoms with van der Waals surface area (Å²) < 4.78 is 0. The number of hydrogen-bond donors (Lipinski definition) is 2. The molecule has 1 fully saturated rings. The molecule has 5 heteroatoms. The van der Waals surface area contributed by atoms with Gasteiger partial charge in [0.05, 0.1) is 12.0 Å². The average Bonchev–Trinajstić information content (AvgIpc) is 2.54. The number of amidine groups is 1. The van der Waals surface area contributed by atoms with Gasteiger partial charge in [-0.25, -0.2) is 0 Å². The molecule has 0 aromatic carbocycles. The summed E-state index contributed by atoms with van der Waals surface area (Å²) in [4.78, 5) is 16.0. The van der Waals surface area contributed by atoms with Crippen LogP contribution in [0.3, 0.4) is 0 Å². The molecule has 0 spiro atoms. The monoisotopic (exact) mass is 243 g/mol. The van der Waals surface area contributed by atoms with E-state index in [-0.39, 0.29) is 11.4 Å². The highest BCUT2D eigenvalue weighted by Crippen LogP contribution is 2.23. The van der Waals surface area contributed by atoms with E-state index >= 15 is 0 Å². The Morgan fingerprint density at radius 1 is 1.62 bits per heavy atom. The van der Waals surface area contributed by atoms with Crippen molar-refractivity contribution < 1.29 is 4.79 Å². The van der Waals surface area contributed by atoms with Crippen LogP contribution in [0.25, 0.3) is 0 Å². The molecule has 0 unspecified atom stereocenters. The predicted octanol–water partition coefficient (Wildman–Crippen LogP) is 1.23. The van der Waals surface area contributed by atoms with E-state index in [0.717, 1.165) is 10.9 Å². The van der Waals surface area contributed by atoms with Crippen molar-refractivity contribution in [3.8, 4) is 0 Å². The van der Waals surface area contributed by atoms with Crippen molar-refractivity contribution in [3.63, 3.8) is 0 Å². The second-order valence-electron chi connectivity index (χ2n) is 5.38. The maximum atomic E-state index is 11.6. The van der Waals surface area contributed by atoms with Crippen molar-refractivity contribution >= 4 is 22.8 Å². The zero-order valence-electron chi connectivity index (χ0n) is 10.7. The summed E-state index contributed by atoms with van der Waals surface area (Å²) in [7, 11) is 1.66. The predicted molar refractivity (Wildman–Crippen MR) is 69.8 cm³/mol. The number of nitrogens with one attached hydrogen (secondary N) is 2. The molecule has 0 aromatic heterocycles. The summed E-state index contributed by atoms with van der Waals surface area (Å²) in [5.74, 6) is 1.05. The molecule has 92 valence electrons. The van der Waals surface area contributed by atoms with Gasteiger partial charge in [0.25, 0.3) is 0 Å². The molecule has 1 rings (SSSR count). The molecule has 1 aliphatic heterocycles. The number of thioether (sulfide) groups is 1. The normalized spacial score (nSPS) is 21.9. The third kappa shape index (κ3) is 3.40. The SMILES string of the molecule is CNC(=O)C(C)(C)CN=C1NC(C)(C)CS1. The first-order valence-electron chi connectivity index (χ1n) is 5.44. The van der Waals surface area contributed by atoms with Crippen molar-refractivity contribution in [3.05, 3.63) is 0 Å². The largest absolute Gasteiger partial charge is 0.359 e. The zero-order valence-corrected chi connectivity index (χ0v) is 11.5. The van der Waals surface area contributed by atoms with Crippen molar-refractivity contribution in [1.29, 1.82) is 0 Å². The average molecular weight is 243 g/mol. The first kappa shape index (κ1) is 13.4. The lowest BCUT2D eigenvalue weighted by atomic mass is 9.93. The number of nitrogens with zero attached hydrogens (tertiary/aromatic N) is 1. The minimum atomic E-state index is -0.448. The topological polar surface area (TPSA) is 53.5 Å². The summed E-state index contributed by atoms with van der Waals surface area (Å²) in [5, 5.41) is 6.95. The summed E-state index contributed by atoms with van der Waals surface area (Å²) >= 11 is 1.72. The van der Waals surface area contributed by atoms with Gasteiger partial charge in [-0.1, -0.05) is 11.8 Å². The Kier molecular flexibility index (Phi) is 3.88. The zero-order chi connectivity index (χ0) is 12.4. The molecule has 0 radical (unpaired) electrons. The minimum absolute atomic E-state index is 0.0270. The summed E-state index contributed by atoms with van der Waals surface area (Å²) in [6, 6.07) is 0. The lowest BCUT2D eigenvalue weighted by Gasteiger charge is -2.20. The van der Waals surface area contributed by atoms with Gasteiger partial charge in [0.15, 0.2) is 5.17 Å². The van der Waals surface area contributed by atoms with E-state index in [1.54, 1.807) is 18.8 Å². The Balaban J connectivity index is 2.57. The van der Waals surface area contributed by atoms with Crippen LogP contribution in [0.1, 0.15) is 27.7 Å². The van der Waals surface area contributed by atoms with E-state index < -0.39 is 5.41 Å². The van der Waals surface area contributed by atoms with E-state index in [4.69, 9.17) is 0 Å². The van der Waals surface area contributed by atoms with Crippen LogP contribution in [0.2, 0.25) is 0 Å². The molecule has 0 aromatic rings. The second kappa shape index (κ2) is 4.65. The molecule has 1 heterocycles. The van der Waals surface area contributed by atoms with Gasteiger partial charge < -0.3 is 10.6 Å². The van der Waals surface area contributed by atoms with Crippen LogP contribution in [0.4, 0.5) is 0 Å². The number of carbonyl (C=O) groups excluding carboxylic acids is 1. The Bertz CT molecular complexity index is 310. The molecule has 1 aliphatic rings. The van der Waals surface area contributed by atoms with Gasteiger partial charge in [0.2, 0.25) is 5.91 Å². The quantitative estimate of drug-likeness (QED) is 0.784. The Hall–Kier alpha value is -0.710. The van der Waals surface area contributed by atoms with Crippen LogP contribution < -0.4 is 10.6 Å². The lowest BCUT2D eigenvalue weighted by molar-refractivity contribution is -0.128. The Morgan fingerprint density at radius 3 is 2.69 bits per heavy atom. The molecule has 0 aliphatic carbocycles. The van der Waals surface area contributed by atoms with Gasteiger partial charge >= 0.3 is 0 Å². The third-order valence-electron chi connectivity index (χ3n) is 2.47. The fraction of sp³-hybridized carbons (Fsp3) is 0.818. The van der Waals surface area contributed by atoms with Gasteiger partial charge in [-0.05, 0) is 27.7 Å². The van der Waals surface area contributed by atoms with Gasteiger partial charge in [0.1, 0.15) is 0 Å². The van der Waals surface area contributed by atoms with Crippen molar-refractivity contribution in [2.75, 3.05) is 19.3 Å². The van der Waals surface area contributed by atoms with Crippen molar-refractivity contribution in [2.45, 2.75) is 33.2 Å². The lowest BCUT2D eigenvalue weighted by Crippen LogP contribution is -2.39. The van der Waals surface area contributed by atoms with Crippen molar-refractivity contribution in [2.24, 2.45) is 10.4 Å². The van der Waals surface area contributed by atoms with Gasteiger partial charge in [-0.15, -0.1) is 0 Å². The fourth-order valence-electron chi connectivity index (χ4n) is 1.38. The third-order valence-corrected chi connectivity index (χ3v) is 3.85. The van der Waals surface area contributed by atoms with Crippen LogP contribution in [-0.2, 0) is 4.79 Å². The first-order valence-corrected chi connectivity index (χ1v) is 6.43. The Labute approximate surface area is 102 Å². The maximum Gasteiger partial charge on any atom is 0.227 e. The Morgan fingerprint density at radius 2 is 2.25 bits per heavy atom. The highest BCUT2D eigenvalue weighted by atomic mass is 32.2. The standard InChI is InChI=1S/C11H21N3OS/c1-10(2,8(15)12-5)6-13-9-14-11(3,4)7-16-9/h6-7H2,1-5H3,(H,12,15)(H,13,14). The second-order valence-corrected chi connectivity index (χ2v) is 6.35. The van der Waals surface area contributed by atoms with E-state index in [1.165, 1.54) is 0 Å². The molecular weight excluding hydrogens is 222 g/mol. The molecule has 0 bridgehead atoms. The first-order chi connectivity index (χ1) is 7.27. The minimum Gasteiger partial charge on any atom is -0.359 e. The molecule has 1 saturated heterocycles. The molecular formula is C11H21N3OS. The van der Waals surface area contributed by atoms with E-state index in [0.29, 0.717) is 6.54 Å². The molecule has 4 nitrogen and oxygen atoms in total. The smallest absolute Gasteiger partial charge is 0.227 e. The van der Waals surface area contributed by atoms with Gasteiger partial charge in [-0.2, -0.15) is 0 Å². The highest BCUT2D eigenvalue weighted by molar-refractivity contribution is 8.14. The van der Waals surface area contributed by atoms with Crippen LogP contribution >= 0.6 is 11.8 Å². The number of carbonyl (C=O) groups is 1. The van der Waals surface area contributed by atoms with Crippen LogP contribution in [-0.4, -0.2) is 36.0 Å². The molecule has 0 saturated carbocycles. The number of amides is 1. The van der Waals surface area contributed by atoms with Crippen LogP contribution in [0, 0.1) is 5.41 Å². The summed E-state index contributed by atoms with van der Waals surface area (Å²) in [6.45, 7) is 8.61. The van der Waals surface area contributed by atoms with Crippen LogP contribution in [0.5, 0.6) is 0 Å². The van der Waals surface area contributed by atoms with Gasteiger partial charge in [0, 0.05) is 18.3 Å². The molecule has 16 heavy (non-hydrogen) atoms. The number of aliphatic imine (C=N–C) groups is 1. The summed E-state index contributed by atoms with van der Waals surface area (Å²) in [5.41, 5.74) is -0.336. The summed E-state index contributed by atoms with van der Waals surface area (Å²) in [6.07, 6.45) is 0. The number of hydrogen-bond acceptors (Lipinski definition) is 3. The van der Waals surface area contributed by atoms with Crippen LogP contribution in [0.15, 0.2) is 4.99 Å². The van der Waals surface area contributed by atoms with Crippen molar-refractivity contribution in [1.82, 2.24) is 10.6 Å². The van der Waals surface area contributed by atoms with Gasteiger partial charge in [-0.3, -0.25) is 9.79 Å². The number of rotatable bonds is 3. The highest BCUT2D eigenvalue weighted by Gasteiger charge is 2.30. The van der Waals surface area contributed by atoms with E-state index in [2.05, 4.69) is 29.5 Å². The molecule has 0 atom stereocenters. The maximum absolute atomic E-state index is 11.6.